The molecule has 0 amide bonds. The summed E-state index contributed by atoms with van der Waals surface area (Å²) >= 11 is 0. The molecule has 1 aliphatic carbocycles. The normalized spacial score (nSPS) is 17.6. The molecule has 20 heavy (non-hydrogen) atoms. The molecule has 0 radical (unpaired) electrons. The summed E-state index contributed by atoms with van der Waals surface area (Å²) in [5.41, 5.74) is 0.976. The molecule has 3 nitrogen and oxygen atoms in total. The summed E-state index contributed by atoms with van der Waals surface area (Å²) in [5.74, 6) is 1.95. The van der Waals surface area contributed by atoms with Crippen LogP contribution in [0.25, 0.3) is 11.0 Å². The molecule has 1 heterocycles. The number of rotatable bonds is 6. The molecule has 1 aromatic carbocycles. The van der Waals surface area contributed by atoms with E-state index in [2.05, 4.69) is 35.5 Å². The highest BCUT2D eigenvalue weighted by atomic mass is 16.3. The number of likely N-dealkylation sites (N-methyl/N-ethyl adjacent to an activating group) is 2. The Morgan fingerprint density at radius 1 is 1.35 bits per heavy atom. The van der Waals surface area contributed by atoms with E-state index in [9.17, 15) is 0 Å². The van der Waals surface area contributed by atoms with Gasteiger partial charge in [-0.3, -0.25) is 0 Å². The van der Waals surface area contributed by atoms with Crippen molar-refractivity contribution in [2.75, 3.05) is 27.2 Å². The number of para-hydroxylation sites is 1. The molecule has 108 valence electrons. The Morgan fingerprint density at radius 2 is 2.15 bits per heavy atom. The molecule has 1 aliphatic rings. The van der Waals surface area contributed by atoms with Crippen molar-refractivity contribution in [3.63, 3.8) is 0 Å². The lowest BCUT2D eigenvalue weighted by Gasteiger charge is -2.31. The van der Waals surface area contributed by atoms with E-state index in [0.717, 1.165) is 23.8 Å². The first-order chi connectivity index (χ1) is 9.76. The lowest BCUT2D eigenvalue weighted by molar-refractivity contribution is 0.189. The van der Waals surface area contributed by atoms with Gasteiger partial charge in [-0.1, -0.05) is 24.6 Å². The van der Waals surface area contributed by atoms with E-state index < -0.39 is 0 Å². The van der Waals surface area contributed by atoms with Crippen LogP contribution >= 0.6 is 0 Å². The molecule has 0 saturated heterocycles. The summed E-state index contributed by atoms with van der Waals surface area (Å²) in [5, 5.41) is 4.57. The van der Waals surface area contributed by atoms with Gasteiger partial charge in [0.25, 0.3) is 0 Å². The lowest BCUT2D eigenvalue weighted by Crippen LogP contribution is -2.35. The minimum Gasteiger partial charge on any atom is -0.459 e. The lowest BCUT2D eigenvalue weighted by atomic mass is 9.85. The fourth-order valence-corrected chi connectivity index (χ4v) is 3.00. The Hall–Kier alpha value is -1.32. The summed E-state index contributed by atoms with van der Waals surface area (Å²) in [6, 6.07) is 10.6. The monoisotopic (exact) mass is 272 g/mol. The zero-order valence-corrected chi connectivity index (χ0v) is 12.4. The topological polar surface area (TPSA) is 28.4 Å². The van der Waals surface area contributed by atoms with Crippen molar-refractivity contribution in [3.05, 3.63) is 36.1 Å². The SMILES string of the molecule is CNC(CN(C)CC1CCC1)c1cc2ccccc2o1. The van der Waals surface area contributed by atoms with E-state index >= 15 is 0 Å². The van der Waals surface area contributed by atoms with Crippen molar-refractivity contribution in [1.29, 1.82) is 0 Å². The Labute approximate surface area is 120 Å². The van der Waals surface area contributed by atoms with Gasteiger partial charge < -0.3 is 14.6 Å². The second-order valence-electron chi connectivity index (χ2n) is 6.05. The summed E-state index contributed by atoms with van der Waals surface area (Å²) in [6.07, 6.45) is 4.22. The number of furan rings is 1. The number of benzene rings is 1. The first-order valence-electron chi connectivity index (χ1n) is 7.60. The zero-order valence-electron chi connectivity index (χ0n) is 12.4. The highest BCUT2D eigenvalue weighted by Crippen LogP contribution is 2.28. The van der Waals surface area contributed by atoms with Crippen LogP contribution in [0.1, 0.15) is 31.1 Å². The van der Waals surface area contributed by atoms with Crippen LogP contribution in [0.3, 0.4) is 0 Å². The van der Waals surface area contributed by atoms with E-state index in [0.29, 0.717) is 0 Å². The molecule has 1 atom stereocenters. The third-order valence-corrected chi connectivity index (χ3v) is 4.43. The van der Waals surface area contributed by atoms with Crippen molar-refractivity contribution in [1.82, 2.24) is 10.2 Å². The Kier molecular flexibility index (Phi) is 4.08. The molecular formula is C17H24N2O. The van der Waals surface area contributed by atoms with Crippen molar-refractivity contribution in [3.8, 4) is 0 Å². The highest BCUT2D eigenvalue weighted by Gasteiger charge is 2.22. The smallest absolute Gasteiger partial charge is 0.134 e. The third-order valence-electron chi connectivity index (χ3n) is 4.43. The van der Waals surface area contributed by atoms with Crippen molar-refractivity contribution < 1.29 is 4.42 Å². The number of hydrogen-bond acceptors (Lipinski definition) is 3. The molecule has 0 bridgehead atoms. The van der Waals surface area contributed by atoms with Gasteiger partial charge in [0, 0.05) is 18.5 Å². The molecule has 1 unspecified atom stereocenters. The number of hydrogen-bond donors (Lipinski definition) is 1. The predicted octanol–water partition coefficient (Wildman–Crippen LogP) is 3.43. The van der Waals surface area contributed by atoms with E-state index in [4.69, 9.17) is 4.42 Å². The Bertz CT molecular complexity index is 526. The van der Waals surface area contributed by atoms with Crippen molar-refractivity contribution in [2.45, 2.75) is 25.3 Å². The third kappa shape index (κ3) is 2.89. The second-order valence-corrected chi connectivity index (χ2v) is 6.05. The van der Waals surface area contributed by atoms with Crippen molar-refractivity contribution >= 4 is 11.0 Å². The minimum atomic E-state index is 0.257. The van der Waals surface area contributed by atoms with Gasteiger partial charge in [-0.05, 0) is 45.0 Å². The van der Waals surface area contributed by atoms with Gasteiger partial charge in [-0.15, -0.1) is 0 Å². The summed E-state index contributed by atoms with van der Waals surface area (Å²) in [6.45, 7) is 2.20. The molecule has 1 saturated carbocycles. The maximum absolute atomic E-state index is 5.98. The minimum absolute atomic E-state index is 0.257. The van der Waals surface area contributed by atoms with Crippen molar-refractivity contribution in [2.24, 2.45) is 5.92 Å². The number of fused-ring (bicyclic) bond motifs is 1. The molecule has 1 fully saturated rings. The molecule has 2 aromatic rings. The van der Waals surface area contributed by atoms with Gasteiger partial charge >= 0.3 is 0 Å². The maximum atomic E-state index is 5.98. The van der Waals surface area contributed by atoms with Crippen LogP contribution in [0.4, 0.5) is 0 Å². The summed E-state index contributed by atoms with van der Waals surface area (Å²) in [4.78, 5) is 2.43. The molecule has 1 aromatic heterocycles. The number of nitrogens with one attached hydrogen (secondary N) is 1. The summed E-state index contributed by atoms with van der Waals surface area (Å²) < 4.78 is 5.98. The predicted molar refractivity (Wildman–Crippen MR) is 82.9 cm³/mol. The standard InChI is InChI=1S/C17H24N2O/c1-18-15(12-19(2)11-13-6-5-7-13)17-10-14-8-3-4-9-16(14)20-17/h3-4,8-10,13,15,18H,5-7,11-12H2,1-2H3. The Morgan fingerprint density at radius 3 is 2.80 bits per heavy atom. The van der Waals surface area contributed by atoms with Gasteiger partial charge in [0.05, 0.1) is 6.04 Å². The molecule has 1 N–H and O–H groups in total. The van der Waals surface area contributed by atoms with Crippen LogP contribution in [-0.2, 0) is 0 Å². The van der Waals surface area contributed by atoms with Crippen LogP contribution in [0, 0.1) is 5.92 Å². The fraction of sp³-hybridized carbons (Fsp3) is 0.529. The maximum Gasteiger partial charge on any atom is 0.134 e. The van der Waals surface area contributed by atoms with Crippen LogP contribution in [0.15, 0.2) is 34.7 Å². The quantitative estimate of drug-likeness (QED) is 0.873. The molecule has 3 rings (SSSR count). The zero-order chi connectivity index (χ0) is 13.9. The van der Waals surface area contributed by atoms with E-state index in [1.165, 1.54) is 31.2 Å². The van der Waals surface area contributed by atoms with E-state index in [1.54, 1.807) is 0 Å². The van der Waals surface area contributed by atoms with Crippen LogP contribution in [0.5, 0.6) is 0 Å². The van der Waals surface area contributed by atoms with Crippen LogP contribution < -0.4 is 5.32 Å². The fourth-order valence-electron chi connectivity index (χ4n) is 3.00. The highest BCUT2D eigenvalue weighted by molar-refractivity contribution is 5.77. The van der Waals surface area contributed by atoms with Gasteiger partial charge in [0.15, 0.2) is 0 Å². The van der Waals surface area contributed by atoms with E-state index in [1.807, 2.05) is 19.2 Å². The first-order valence-corrected chi connectivity index (χ1v) is 7.60. The van der Waals surface area contributed by atoms with Gasteiger partial charge in [0.1, 0.15) is 11.3 Å². The average Bonchev–Trinajstić information content (AvgIpc) is 2.84. The first kappa shape index (κ1) is 13.7. The number of nitrogens with zero attached hydrogens (tertiary/aromatic N) is 1. The van der Waals surface area contributed by atoms with Crippen LogP contribution in [0.2, 0.25) is 0 Å². The molecular weight excluding hydrogens is 248 g/mol. The summed E-state index contributed by atoms with van der Waals surface area (Å²) in [7, 11) is 4.22. The molecule has 3 heteroatoms. The molecule has 0 aliphatic heterocycles. The molecule has 0 spiro atoms. The second kappa shape index (κ2) is 5.98. The largest absolute Gasteiger partial charge is 0.459 e. The Balaban J connectivity index is 1.68. The van der Waals surface area contributed by atoms with E-state index in [-0.39, 0.29) is 6.04 Å². The van der Waals surface area contributed by atoms with Crippen LogP contribution in [-0.4, -0.2) is 32.1 Å². The van der Waals surface area contributed by atoms with Gasteiger partial charge in [0.2, 0.25) is 0 Å². The van der Waals surface area contributed by atoms with Gasteiger partial charge in [-0.2, -0.15) is 0 Å². The average molecular weight is 272 g/mol. The van der Waals surface area contributed by atoms with Gasteiger partial charge in [-0.25, -0.2) is 0 Å².